The number of hydrogen-bond donors (Lipinski definition) is 2. The van der Waals surface area contributed by atoms with Crippen LogP contribution in [-0.4, -0.2) is 16.0 Å². The lowest BCUT2D eigenvalue weighted by Crippen LogP contribution is -2.14. The number of carbonyl (C=O) groups is 1. The first-order valence-electron chi connectivity index (χ1n) is 7.04. The van der Waals surface area contributed by atoms with Gasteiger partial charge in [-0.25, -0.2) is 13.2 Å². The molecule has 9 heteroatoms. The number of nitrogens with one attached hydrogen (secondary N) is 2. The van der Waals surface area contributed by atoms with Gasteiger partial charge in [0.05, 0.1) is 23.1 Å². The molecular weight excluding hydrogens is 337 g/mol. The fraction of sp³-hybridized carbons (Fsp3) is 0.0625. The number of benzene rings is 1. The highest BCUT2D eigenvalue weighted by Crippen LogP contribution is 2.21. The molecule has 0 saturated heterocycles. The summed E-state index contributed by atoms with van der Waals surface area (Å²) in [5.41, 5.74) is 0.0375. The lowest BCUT2D eigenvalue weighted by molar-refractivity contribution is 0.102. The zero-order valence-electron chi connectivity index (χ0n) is 12.8. The number of hydrogen-bond acceptors (Lipinski definition) is 5. The van der Waals surface area contributed by atoms with Crippen LogP contribution in [0, 0.1) is 24.4 Å². The second-order valence-corrected chi connectivity index (χ2v) is 5.09. The van der Waals surface area contributed by atoms with Crippen molar-refractivity contribution in [1.82, 2.24) is 10.1 Å². The van der Waals surface area contributed by atoms with Crippen LogP contribution in [0.5, 0.6) is 0 Å². The number of aryl methyl sites for hydroxylation is 1. The lowest BCUT2D eigenvalue weighted by Gasteiger charge is -2.08. The molecule has 0 unspecified atom stereocenters. The molecule has 0 fully saturated rings. The number of pyridine rings is 1. The van der Waals surface area contributed by atoms with Crippen LogP contribution in [0.3, 0.4) is 0 Å². The molecule has 0 radical (unpaired) electrons. The molecule has 3 rings (SSSR count). The highest BCUT2D eigenvalue weighted by molar-refractivity contribution is 6.04. The van der Waals surface area contributed by atoms with E-state index in [4.69, 9.17) is 4.52 Å². The zero-order chi connectivity index (χ0) is 18.0. The van der Waals surface area contributed by atoms with Crippen LogP contribution in [0.2, 0.25) is 0 Å². The van der Waals surface area contributed by atoms with E-state index >= 15 is 0 Å². The monoisotopic (exact) mass is 348 g/mol. The predicted molar refractivity (Wildman–Crippen MR) is 83.0 cm³/mol. The number of amides is 1. The molecule has 2 aromatic heterocycles. The van der Waals surface area contributed by atoms with E-state index in [9.17, 15) is 18.0 Å². The first-order valence-corrected chi connectivity index (χ1v) is 7.04. The van der Waals surface area contributed by atoms with Crippen molar-refractivity contribution in [1.29, 1.82) is 0 Å². The maximum atomic E-state index is 13.6. The maximum Gasteiger partial charge on any atom is 0.257 e. The molecule has 0 spiro atoms. The van der Waals surface area contributed by atoms with Gasteiger partial charge in [-0.15, -0.1) is 0 Å². The van der Waals surface area contributed by atoms with Crippen LogP contribution in [0.15, 0.2) is 41.2 Å². The first-order chi connectivity index (χ1) is 11.9. The van der Waals surface area contributed by atoms with Crippen molar-refractivity contribution in [2.75, 3.05) is 10.6 Å². The maximum absolute atomic E-state index is 13.6. The van der Waals surface area contributed by atoms with Crippen molar-refractivity contribution in [3.05, 3.63) is 65.4 Å². The summed E-state index contributed by atoms with van der Waals surface area (Å²) in [6, 6.07) is 4.73. The Morgan fingerprint density at radius 3 is 2.64 bits per heavy atom. The van der Waals surface area contributed by atoms with Crippen molar-refractivity contribution in [2.24, 2.45) is 0 Å². The number of rotatable bonds is 4. The summed E-state index contributed by atoms with van der Waals surface area (Å²) in [6.45, 7) is 1.72. The number of halogens is 3. The number of anilines is 3. The van der Waals surface area contributed by atoms with Gasteiger partial charge >= 0.3 is 0 Å². The van der Waals surface area contributed by atoms with Gasteiger partial charge in [0.2, 0.25) is 0 Å². The quantitative estimate of drug-likeness (QED) is 0.701. The minimum Gasteiger partial charge on any atom is -0.360 e. The Labute approximate surface area is 139 Å². The van der Waals surface area contributed by atoms with Crippen LogP contribution >= 0.6 is 0 Å². The van der Waals surface area contributed by atoms with E-state index < -0.39 is 29.0 Å². The van der Waals surface area contributed by atoms with Gasteiger partial charge in [0.1, 0.15) is 5.76 Å². The summed E-state index contributed by atoms with van der Waals surface area (Å²) < 4.78 is 44.7. The Balaban J connectivity index is 1.79. The van der Waals surface area contributed by atoms with E-state index in [2.05, 4.69) is 20.8 Å². The van der Waals surface area contributed by atoms with Gasteiger partial charge in [-0.1, -0.05) is 5.16 Å². The van der Waals surface area contributed by atoms with E-state index in [0.29, 0.717) is 17.3 Å². The molecule has 128 valence electrons. The fourth-order valence-electron chi connectivity index (χ4n) is 2.02. The van der Waals surface area contributed by atoms with E-state index in [-0.39, 0.29) is 5.56 Å². The zero-order valence-corrected chi connectivity index (χ0v) is 12.8. The topological polar surface area (TPSA) is 80.0 Å². The number of aromatic nitrogens is 2. The molecule has 1 aromatic carbocycles. The van der Waals surface area contributed by atoms with Gasteiger partial charge in [0, 0.05) is 12.3 Å². The average molecular weight is 348 g/mol. The molecule has 0 aliphatic heterocycles. The fourth-order valence-corrected chi connectivity index (χ4v) is 2.02. The molecule has 0 aliphatic carbocycles. The molecule has 1 amide bonds. The third-order valence-electron chi connectivity index (χ3n) is 3.18. The standard InChI is InChI=1S/C16H11F3N4O2/c1-8-4-13(23-25-8)21-10-5-9(6-20-7-10)16(24)22-12-3-2-11(17)14(18)15(12)19/h2-7H,1H3,(H,21,23)(H,22,24). The molecular formula is C16H11F3N4O2. The normalized spacial score (nSPS) is 10.6. The van der Waals surface area contributed by atoms with Gasteiger partial charge < -0.3 is 15.2 Å². The summed E-state index contributed by atoms with van der Waals surface area (Å²) in [5, 5.41) is 8.79. The Bertz CT molecular complexity index is 943. The molecule has 0 atom stereocenters. The predicted octanol–water partition coefficient (Wildman–Crippen LogP) is 3.79. The highest BCUT2D eigenvalue weighted by atomic mass is 19.2. The smallest absolute Gasteiger partial charge is 0.257 e. The number of carbonyl (C=O) groups excluding carboxylic acids is 1. The van der Waals surface area contributed by atoms with Gasteiger partial charge in [-0.05, 0) is 25.1 Å². The summed E-state index contributed by atoms with van der Waals surface area (Å²) in [7, 11) is 0. The molecule has 3 aromatic rings. The first kappa shape index (κ1) is 16.5. The van der Waals surface area contributed by atoms with Gasteiger partial charge in [-0.3, -0.25) is 9.78 Å². The summed E-state index contributed by atoms with van der Waals surface area (Å²) in [5.74, 6) is -4.20. The molecule has 6 nitrogen and oxygen atoms in total. The Kier molecular flexibility index (Phi) is 4.38. The minimum absolute atomic E-state index is 0.0781. The highest BCUT2D eigenvalue weighted by Gasteiger charge is 2.16. The van der Waals surface area contributed by atoms with Crippen LogP contribution in [0.1, 0.15) is 16.1 Å². The van der Waals surface area contributed by atoms with E-state index in [0.717, 1.165) is 12.1 Å². The van der Waals surface area contributed by atoms with Gasteiger partial charge in [0.25, 0.3) is 5.91 Å². The summed E-state index contributed by atoms with van der Waals surface area (Å²) in [6.07, 6.45) is 2.69. The molecule has 0 bridgehead atoms. The van der Waals surface area contributed by atoms with Crippen LogP contribution in [0.4, 0.5) is 30.4 Å². The van der Waals surface area contributed by atoms with Gasteiger partial charge in [-0.2, -0.15) is 0 Å². The van der Waals surface area contributed by atoms with Crippen molar-refractivity contribution >= 4 is 23.1 Å². The van der Waals surface area contributed by atoms with Crippen LogP contribution in [0.25, 0.3) is 0 Å². The van der Waals surface area contributed by atoms with E-state index in [1.807, 2.05) is 0 Å². The van der Waals surface area contributed by atoms with Gasteiger partial charge in [0.15, 0.2) is 23.3 Å². The van der Waals surface area contributed by atoms with Crippen molar-refractivity contribution < 1.29 is 22.5 Å². The SMILES string of the molecule is Cc1cc(Nc2cncc(C(=O)Nc3ccc(F)c(F)c3F)c2)no1. The minimum atomic E-state index is -1.66. The van der Waals surface area contributed by atoms with E-state index in [1.54, 1.807) is 13.0 Å². The molecule has 0 aliphatic rings. The summed E-state index contributed by atoms with van der Waals surface area (Å²) in [4.78, 5) is 16.1. The molecule has 0 saturated carbocycles. The third-order valence-corrected chi connectivity index (χ3v) is 3.18. The van der Waals surface area contributed by atoms with Crippen LogP contribution < -0.4 is 10.6 Å². The second-order valence-electron chi connectivity index (χ2n) is 5.09. The van der Waals surface area contributed by atoms with Crippen molar-refractivity contribution in [3.63, 3.8) is 0 Å². The Morgan fingerprint density at radius 1 is 1.12 bits per heavy atom. The molecule has 2 N–H and O–H groups in total. The Morgan fingerprint density at radius 2 is 1.92 bits per heavy atom. The van der Waals surface area contributed by atoms with Crippen LogP contribution in [-0.2, 0) is 0 Å². The average Bonchev–Trinajstić information content (AvgIpc) is 3.00. The largest absolute Gasteiger partial charge is 0.360 e. The molecule has 2 heterocycles. The van der Waals surface area contributed by atoms with Crippen molar-refractivity contribution in [3.8, 4) is 0 Å². The summed E-state index contributed by atoms with van der Waals surface area (Å²) >= 11 is 0. The van der Waals surface area contributed by atoms with Crippen molar-refractivity contribution in [2.45, 2.75) is 6.92 Å². The second kappa shape index (κ2) is 6.63. The lowest BCUT2D eigenvalue weighted by atomic mass is 10.2. The third kappa shape index (κ3) is 3.60. The molecule has 25 heavy (non-hydrogen) atoms. The number of nitrogens with zero attached hydrogens (tertiary/aromatic N) is 2. The van der Waals surface area contributed by atoms with E-state index in [1.165, 1.54) is 18.5 Å². The Hall–Kier alpha value is -3.36.